The monoisotopic (exact) mass is 360 g/mol. The number of hydrogen-bond donors (Lipinski definition) is 0. The first kappa shape index (κ1) is 17.9. The molecule has 140 valence electrons. The lowest BCUT2D eigenvalue weighted by molar-refractivity contribution is 0.137. The van der Waals surface area contributed by atoms with Gasteiger partial charge < -0.3 is 13.9 Å². The van der Waals surface area contributed by atoms with Crippen LogP contribution in [0.5, 0.6) is 0 Å². The summed E-state index contributed by atoms with van der Waals surface area (Å²) in [6.07, 6.45) is -0.0830. The highest BCUT2D eigenvalue weighted by molar-refractivity contribution is 5.90. The average Bonchev–Trinajstić information content (AvgIpc) is 3.14. The Bertz CT molecular complexity index is 1030. The van der Waals surface area contributed by atoms with E-state index in [0.717, 1.165) is 13.1 Å². The molecular formula is C24H28N2O. The quantitative estimate of drug-likeness (QED) is 0.428. The molecule has 0 atom stereocenters. The molecular weight excluding hydrogens is 332 g/mol. The zero-order valence-corrected chi connectivity index (χ0v) is 16.9. The predicted molar refractivity (Wildman–Crippen MR) is 114 cm³/mol. The Morgan fingerprint density at radius 2 is 1.15 bits per heavy atom. The topological polar surface area (TPSA) is 19.1 Å². The number of para-hydroxylation sites is 2. The fraction of sp³-hybridized carbons (Fsp3) is 0.333. The average molecular weight is 361 g/mol. The van der Waals surface area contributed by atoms with Crippen LogP contribution in [0.25, 0.3) is 21.8 Å². The summed E-state index contributed by atoms with van der Waals surface area (Å²) in [6.45, 7) is 10.8. The molecule has 27 heavy (non-hydrogen) atoms. The minimum absolute atomic E-state index is 0.0830. The molecule has 0 bridgehead atoms. The molecule has 0 fully saturated rings. The Morgan fingerprint density at radius 3 is 1.52 bits per heavy atom. The maximum atomic E-state index is 6.19. The van der Waals surface area contributed by atoms with E-state index in [-0.39, 0.29) is 6.10 Å². The Kier molecular flexibility index (Phi) is 4.56. The molecule has 0 spiro atoms. The molecule has 4 aromatic rings. The van der Waals surface area contributed by atoms with E-state index < -0.39 is 0 Å². The molecule has 2 aromatic heterocycles. The molecule has 0 aliphatic heterocycles. The number of aryl methyl sites for hydroxylation is 2. The highest BCUT2D eigenvalue weighted by Crippen LogP contribution is 2.41. The number of benzene rings is 2. The van der Waals surface area contributed by atoms with E-state index in [1.165, 1.54) is 44.3 Å². The van der Waals surface area contributed by atoms with Crippen molar-refractivity contribution in [3.05, 3.63) is 71.0 Å². The number of aromatic nitrogens is 2. The largest absolute Gasteiger partial charge is 0.372 e. The van der Waals surface area contributed by atoms with Crippen molar-refractivity contribution >= 4 is 21.8 Å². The standard InChI is InChI=1S/C24H28N2O/c1-6-25-16(3)22(18-12-8-10-14-20(18)25)24(27-5)23-17(4)26(7-2)21-15-11-9-13-19(21)23/h8-15,24H,6-7H2,1-5H3. The Hall–Kier alpha value is -2.52. The lowest BCUT2D eigenvalue weighted by atomic mass is 9.96. The molecule has 0 aliphatic rings. The fourth-order valence-electron chi connectivity index (χ4n) is 4.77. The van der Waals surface area contributed by atoms with E-state index in [0.29, 0.717) is 0 Å². The van der Waals surface area contributed by atoms with Crippen molar-refractivity contribution in [3.8, 4) is 0 Å². The lowest BCUT2D eigenvalue weighted by Gasteiger charge is -2.18. The molecule has 3 heteroatoms. The Morgan fingerprint density at radius 1 is 0.741 bits per heavy atom. The van der Waals surface area contributed by atoms with Crippen LogP contribution in [0.2, 0.25) is 0 Å². The van der Waals surface area contributed by atoms with Crippen molar-refractivity contribution in [1.29, 1.82) is 0 Å². The molecule has 0 saturated heterocycles. The molecule has 2 aromatic carbocycles. The van der Waals surface area contributed by atoms with Crippen LogP contribution in [-0.4, -0.2) is 16.2 Å². The summed E-state index contributed by atoms with van der Waals surface area (Å²) in [7, 11) is 1.83. The van der Waals surface area contributed by atoms with Gasteiger partial charge >= 0.3 is 0 Å². The van der Waals surface area contributed by atoms with Gasteiger partial charge in [-0.15, -0.1) is 0 Å². The Balaban J connectivity index is 2.06. The van der Waals surface area contributed by atoms with Crippen LogP contribution in [0.4, 0.5) is 0 Å². The number of fused-ring (bicyclic) bond motifs is 2. The van der Waals surface area contributed by atoms with E-state index in [2.05, 4.69) is 85.4 Å². The Labute approximate surface area is 161 Å². The maximum Gasteiger partial charge on any atom is 0.112 e. The first-order valence-corrected chi connectivity index (χ1v) is 9.82. The molecule has 3 nitrogen and oxygen atoms in total. The third-order valence-electron chi connectivity index (χ3n) is 5.95. The van der Waals surface area contributed by atoms with Crippen molar-refractivity contribution in [3.63, 3.8) is 0 Å². The molecule has 0 N–H and O–H groups in total. The summed E-state index contributed by atoms with van der Waals surface area (Å²) in [5, 5.41) is 2.58. The molecule has 0 amide bonds. The normalized spacial score (nSPS) is 11.9. The van der Waals surface area contributed by atoms with Crippen molar-refractivity contribution in [2.45, 2.75) is 46.9 Å². The number of nitrogens with zero attached hydrogens (tertiary/aromatic N) is 2. The molecule has 4 rings (SSSR count). The van der Waals surface area contributed by atoms with E-state index >= 15 is 0 Å². The minimum atomic E-state index is -0.0830. The van der Waals surface area contributed by atoms with Gasteiger partial charge in [-0.2, -0.15) is 0 Å². The number of ether oxygens (including phenoxy) is 1. The summed E-state index contributed by atoms with van der Waals surface area (Å²) in [5.74, 6) is 0. The summed E-state index contributed by atoms with van der Waals surface area (Å²) in [6, 6.07) is 17.4. The first-order chi connectivity index (χ1) is 13.1. The number of methoxy groups -OCH3 is 1. The summed E-state index contributed by atoms with van der Waals surface area (Å²) >= 11 is 0. The number of hydrogen-bond acceptors (Lipinski definition) is 1. The van der Waals surface area contributed by atoms with Crippen molar-refractivity contribution < 1.29 is 4.74 Å². The van der Waals surface area contributed by atoms with Gasteiger partial charge in [-0.25, -0.2) is 0 Å². The second-order valence-corrected chi connectivity index (χ2v) is 7.14. The van der Waals surface area contributed by atoms with Crippen LogP contribution >= 0.6 is 0 Å². The van der Waals surface area contributed by atoms with Crippen molar-refractivity contribution in [1.82, 2.24) is 9.13 Å². The number of rotatable bonds is 5. The minimum Gasteiger partial charge on any atom is -0.372 e. The van der Waals surface area contributed by atoms with Crippen LogP contribution in [-0.2, 0) is 17.8 Å². The van der Waals surface area contributed by atoms with Crippen LogP contribution in [0.1, 0.15) is 42.5 Å². The molecule has 2 heterocycles. The van der Waals surface area contributed by atoms with Gasteiger partial charge in [0.25, 0.3) is 0 Å². The van der Waals surface area contributed by atoms with Crippen LogP contribution in [0.3, 0.4) is 0 Å². The predicted octanol–water partition coefficient (Wildman–Crippen LogP) is 5.99. The zero-order valence-electron chi connectivity index (χ0n) is 16.9. The van der Waals surface area contributed by atoms with Gasteiger partial charge in [0.05, 0.1) is 0 Å². The van der Waals surface area contributed by atoms with Gasteiger partial charge in [-0.3, -0.25) is 0 Å². The van der Waals surface area contributed by atoms with Gasteiger partial charge in [0.15, 0.2) is 0 Å². The highest BCUT2D eigenvalue weighted by Gasteiger charge is 2.27. The van der Waals surface area contributed by atoms with Crippen LogP contribution in [0.15, 0.2) is 48.5 Å². The third-order valence-corrected chi connectivity index (χ3v) is 5.95. The second kappa shape index (κ2) is 6.90. The van der Waals surface area contributed by atoms with Gasteiger partial charge in [0.2, 0.25) is 0 Å². The second-order valence-electron chi connectivity index (χ2n) is 7.14. The van der Waals surface area contributed by atoms with E-state index in [1.807, 2.05) is 7.11 Å². The van der Waals surface area contributed by atoms with Gasteiger partial charge in [-0.1, -0.05) is 36.4 Å². The maximum absolute atomic E-state index is 6.19. The molecule has 0 radical (unpaired) electrons. The summed E-state index contributed by atoms with van der Waals surface area (Å²) in [5.41, 5.74) is 7.73. The first-order valence-electron chi connectivity index (χ1n) is 9.82. The highest BCUT2D eigenvalue weighted by atomic mass is 16.5. The van der Waals surface area contributed by atoms with Crippen LogP contribution in [0, 0.1) is 13.8 Å². The van der Waals surface area contributed by atoms with Gasteiger partial charge in [0.1, 0.15) is 6.10 Å². The third kappa shape index (κ3) is 2.53. The van der Waals surface area contributed by atoms with Gasteiger partial charge in [-0.05, 0) is 39.8 Å². The van der Waals surface area contributed by atoms with Crippen molar-refractivity contribution in [2.75, 3.05) is 7.11 Å². The molecule has 0 unspecified atom stereocenters. The SMILES string of the molecule is CCn1c(C)c(C(OC)c2c(C)n(CC)c3ccccc23)c2ccccc21. The van der Waals surface area contributed by atoms with E-state index in [9.17, 15) is 0 Å². The summed E-state index contributed by atoms with van der Waals surface area (Å²) in [4.78, 5) is 0. The van der Waals surface area contributed by atoms with Crippen LogP contribution < -0.4 is 0 Å². The van der Waals surface area contributed by atoms with Crippen molar-refractivity contribution in [2.24, 2.45) is 0 Å². The van der Waals surface area contributed by atoms with E-state index in [4.69, 9.17) is 4.74 Å². The van der Waals surface area contributed by atoms with Gasteiger partial charge in [0, 0.05) is 64.5 Å². The van der Waals surface area contributed by atoms with E-state index in [1.54, 1.807) is 0 Å². The summed E-state index contributed by atoms with van der Waals surface area (Å²) < 4.78 is 11.0. The fourth-order valence-corrected chi connectivity index (χ4v) is 4.77. The molecule has 0 saturated carbocycles. The lowest BCUT2D eigenvalue weighted by Crippen LogP contribution is -2.08. The smallest absolute Gasteiger partial charge is 0.112 e. The molecule has 0 aliphatic carbocycles. The zero-order chi connectivity index (χ0) is 19.1.